The van der Waals surface area contributed by atoms with Crippen LogP contribution in [0.3, 0.4) is 0 Å². The standard InChI is InChI=1S/C18H20Cl2FN3O/c1-11-13-7-6-12(8-17(13)22-23(11)2)24(18(25)9-19)10-14-15(20)4-3-5-16(14)21/h3-5,12H,6-10H2,1-2H3. The zero-order valence-corrected chi connectivity index (χ0v) is 15.7. The quantitative estimate of drug-likeness (QED) is 0.755. The largest absolute Gasteiger partial charge is 0.334 e. The predicted octanol–water partition coefficient (Wildman–Crippen LogP) is 3.65. The number of carbonyl (C=O) groups is 1. The highest BCUT2D eigenvalue weighted by atomic mass is 35.5. The zero-order valence-electron chi connectivity index (χ0n) is 14.2. The molecule has 1 aliphatic rings. The molecule has 25 heavy (non-hydrogen) atoms. The lowest BCUT2D eigenvalue weighted by Crippen LogP contribution is -2.43. The molecule has 7 heteroatoms. The molecule has 1 aromatic heterocycles. The lowest BCUT2D eigenvalue weighted by Gasteiger charge is -2.34. The summed E-state index contributed by atoms with van der Waals surface area (Å²) in [5.74, 6) is -0.774. The molecule has 0 saturated heterocycles. The molecule has 1 aliphatic carbocycles. The smallest absolute Gasteiger partial charge is 0.238 e. The summed E-state index contributed by atoms with van der Waals surface area (Å²) >= 11 is 11.9. The van der Waals surface area contributed by atoms with Crippen molar-refractivity contribution in [3.63, 3.8) is 0 Å². The third-order valence-electron chi connectivity index (χ3n) is 4.96. The van der Waals surface area contributed by atoms with Gasteiger partial charge in [0.05, 0.1) is 12.2 Å². The zero-order chi connectivity index (χ0) is 18.1. The van der Waals surface area contributed by atoms with Crippen LogP contribution in [0.1, 0.15) is 28.9 Å². The minimum Gasteiger partial charge on any atom is -0.334 e. The van der Waals surface area contributed by atoms with Crippen LogP contribution in [0.4, 0.5) is 4.39 Å². The fraction of sp³-hybridized carbons (Fsp3) is 0.444. The Labute approximate surface area is 156 Å². The molecule has 0 fully saturated rings. The highest BCUT2D eigenvalue weighted by Gasteiger charge is 2.31. The molecule has 1 unspecified atom stereocenters. The van der Waals surface area contributed by atoms with E-state index < -0.39 is 5.82 Å². The van der Waals surface area contributed by atoms with Gasteiger partial charge in [0.25, 0.3) is 0 Å². The van der Waals surface area contributed by atoms with Gasteiger partial charge in [0.2, 0.25) is 5.91 Å². The Bertz CT molecular complexity index is 786. The fourth-order valence-electron chi connectivity index (χ4n) is 3.46. The number of hydrogen-bond donors (Lipinski definition) is 0. The van der Waals surface area contributed by atoms with Crippen molar-refractivity contribution < 1.29 is 9.18 Å². The van der Waals surface area contributed by atoms with Crippen molar-refractivity contribution in [2.24, 2.45) is 7.05 Å². The van der Waals surface area contributed by atoms with Gasteiger partial charge in [-0.15, -0.1) is 11.6 Å². The summed E-state index contributed by atoms with van der Waals surface area (Å²) in [6.45, 7) is 2.16. The van der Waals surface area contributed by atoms with Crippen LogP contribution in [0, 0.1) is 12.7 Å². The van der Waals surface area contributed by atoms with E-state index in [1.807, 2.05) is 18.7 Å². The average Bonchev–Trinajstić information content (AvgIpc) is 2.88. The first-order chi connectivity index (χ1) is 11.9. The van der Waals surface area contributed by atoms with E-state index in [-0.39, 0.29) is 24.4 Å². The number of hydrogen-bond acceptors (Lipinski definition) is 2. The molecule has 1 amide bonds. The third-order valence-corrected chi connectivity index (χ3v) is 5.55. The van der Waals surface area contributed by atoms with Gasteiger partial charge >= 0.3 is 0 Å². The summed E-state index contributed by atoms with van der Waals surface area (Å²) in [6, 6.07) is 4.47. The summed E-state index contributed by atoms with van der Waals surface area (Å²) in [6.07, 6.45) is 2.29. The normalized spacial score (nSPS) is 16.6. The van der Waals surface area contributed by atoms with Gasteiger partial charge in [-0.2, -0.15) is 5.10 Å². The second-order valence-electron chi connectivity index (χ2n) is 6.39. The number of aryl methyl sites for hydroxylation is 1. The van der Waals surface area contributed by atoms with Gasteiger partial charge in [-0.25, -0.2) is 4.39 Å². The van der Waals surface area contributed by atoms with E-state index >= 15 is 0 Å². The van der Waals surface area contributed by atoms with Gasteiger partial charge in [0.15, 0.2) is 0 Å². The third kappa shape index (κ3) is 3.53. The summed E-state index contributed by atoms with van der Waals surface area (Å²) in [4.78, 5) is 14.1. The lowest BCUT2D eigenvalue weighted by molar-refractivity contribution is -0.131. The first kappa shape index (κ1) is 18.2. The summed E-state index contributed by atoms with van der Waals surface area (Å²) in [7, 11) is 1.92. The van der Waals surface area contributed by atoms with Crippen molar-refractivity contribution in [3.8, 4) is 0 Å². The first-order valence-electron chi connectivity index (χ1n) is 8.22. The van der Waals surface area contributed by atoms with Gasteiger partial charge < -0.3 is 4.90 Å². The minimum atomic E-state index is -0.412. The van der Waals surface area contributed by atoms with Gasteiger partial charge in [-0.3, -0.25) is 9.48 Å². The summed E-state index contributed by atoms with van der Waals surface area (Å²) in [5.41, 5.74) is 3.73. The van der Waals surface area contributed by atoms with Crippen molar-refractivity contribution in [2.75, 3.05) is 5.88 Å². The van der Waals surface area contributed by atoms with Crippen molar-refractivity contribution >= 4 is 29.1 Å². The molecule has 0 saturated carbocycles. The van der Waals surface area contributed by atoms with E-state index in [0.717, 1.165) is 24.2 Å². The Hall–Kier alpha value is -1.59. The molecule has 2 aromatic rings. The van der Waals surface area contributed by atoms with Crippen LogP contribution in [-0.4, -0.2) is 32.5 Å². The first-order valence-corrected chi connectivity index (χ1v) is 9.13. The minimum absolute atomic E-state index is 0.0660. The average molecular weight is 384 g/mol. The molecular weight excluding hydrogens is 364 g/mol. The van der Waals surface area contributed by atoms with Gasteiger partial charge in [-0.05, 0) is 37.5 Å². The Morgan fingerprint density at radius 3 is 2.92 bits per heavy atom. The molecule has 1 aromatic carbocycles. The number of carbonyl (C=O) groups excluding carboxylic acids is 1. The lowest BCUT2D eigenvalue weighted by atomic mass is 9.90. The maximum Gasteiger partial charge on any atom is 0.238 e. The molecule has 0 N–H and O–H groups in total. The molecule has 0 spiro atoms. The Morgan fingerprint density at radius 2 is 2.24 bits per heavy atom. The van der Waals surface area contributed by atoms with E-state index in [2.05, 4.69) is 5.10 Å². The van der Waals surface area contributed by atoms with Crippen LogP contribution >= 0.6 is 23.2 Å². The van der Waals surface area contributed by atoms with Crippen molar-refractivity contribution in [3.05, 3.63) is 51.6 Å². The molecule has 1 heterocycles. The topological polar surface area (TPSA) is 38.1 Å². The second-order valence-corrected chi connectivity index (χ2v) is 7.06. The van der Waals surface area contributed by atoms with Crippen LogP contribution in [-0.2, 0) is 31.2 Å². The predicted molar refractivity (Wildman–Crippen MR) is 96.4 cm³/mol. The molecule has 1 atom stereocenters. The highest BCUT2D eigenvalue weighted by molar-refractivity contribution is 6.31. The van der Waals surface area contributed by atoms with Crippen molar-refractivity contribution in [1.82, 2.24) is 14.7 Å². The number of aromatic nitrogens is 2. The molecule has 0 bridgehead atoms. The Morgan fingerprint density at radius 1 is 1.48 bits per heavy atom. The van der Waals surface area contributed by atoms with Crippen LogP contribution in [0.5, 0.6) is 0 Å². The van der Waals surface area contributed by atoms with E-state index in [1.54, 1.807) is 17.0 Å². The number of rotatable bonds is 4. The van der Waals surface area contributed by atoms with Crippen LogP contribution in [0.2, 0.25) is 5.02 Å². The van der Waals surface area contributed by atoms with E-state index in [9.17, 15) is 9.18 Å². The second kappa shape index (κ2) is 7.34. The maximum absolute atomic E-state index is 14.2. The Kier molecular flexibility index (Phi) is 5.35. The van der Waals surface area contributed by atoms with Crippen LogP contribution < -0.4 is 0 Å². The van der Waals surface area contributed by atoms with Crippen LogP contribution in [0.15, 0.2) is 18.2 Å². The number of halogens is 3. The number of benzene rings is 1. The fourth-order valence-corrected chi connectivity index (χ4v) is 3.84. The molecule has 4 nitrogen and oxygen atoms in total. The van der Waals surface area contributed by atoms with Gasteiger partial charge in [0.1, 0.15) is 11.7 Å². The number of amides is 1. The van der Waals surface area contributed by atoms with E-state index in [4.69, 9.17) is 23.2 Å². The number of fused-ring (bicyclic) bond motifs is 1. The highest BCUT2D eigenvalue weighted by Crippen LogP contribution is 2.29. The SMILES string of the molecule is Cc1c2c(nn1C)CC(N(Cc1c(F)cccc1Cl)C(=O)CCl)CC2. The molecule has 134 valence electrons. The molecule has 0 radical (unpaired) electrons. The molecule has 0 aliphatic heterocycles. The van der Waals surface area contributed by atoms with Gasteiger partial charge in [0, 0.05) is 35.8 Å². The van der Waals surface area contributed by atoms with E-state index in [0.29, 0.717) is 17.0 Å². The Balaban J connectivity index is 1.88. The number of alkyl halides is 1. The molecular formula is C18H20Cl2FN3O. The monoisotopic (exact) mass is 383 g/mol. The van der Waals surface area contributed by atoms with Crippen molar-refractivity contribution in [2.45, 2.75) is 38.8 Å². The molecule has 3 rings (SSSR count). The number of nitrogens with zero attached hydrogens (tertiary/aromatic N) is 3. The summed E-state index contributed by atoms with van der Waals surface area (Å²) < 4.78 is 16.0. The maximum atomic E-state index is 14.2. The summed E-state index contributed by atoms with van der Waals surface area (Å²) in [5, 5.41) is 4.87. The van der Waals surface area contributed by atoms with Gasteiger partial charge in [-0.1, -0.05) is 17.7 Å². The van der Waals surface area contributed by atoms with Crippen LogP contribution in [0.25, 0.3) is 0 Å². The van der Waals surface area contributed by atoms with Crippen molar-refractivity contribution in [1.29, 1.82) is 0 Å². The van der Waals surface area contributed by atoms with E-state index in [1.165, 1.54) is 11.6 Å².